The van der Waals surface area contributed by atoms with Gasteiger partial charge in [-0.3, -0.25) is 9.89 Å². The highest BCUT2D eigenvalue weighted by molar-refractivity contribution is 14.0. The Kier molecular flexibility index (Phi) is 13.3. The van der Waals surface area contributed by atoms with Crippen molar-refractivity contribution in [2.75, 3.05) is 59.0 Å². The lowest BCUT2D eigenvalue weighted by Crippen LogP contribution is -2.42. The van der Waals surface area contributed by atoms with Crippen LogP contribution >= 0.6 is 35.3 Å². The molecular weight excluding hydrogens is 521 g/mol. The number of morpholine rings is 1. The van der Waals surface area contributed by atoms with E-state index in [0.717, 1.165) is 57.9 Å². The second-order valence-corrected chi connectivity index (χ2v) is 9.39. The van der Waals surface area contributed by atoms with Gasteiger partial charge in [0.15, 0.2) is 5.96 Å². The van der Waals surface area contributed by atoms with Gasteiger partial charge in [-0.15, -0.1) is 35.3 Å². The van der Waals surface area contributed by atoms with E-state index in [1.165, 1.54) is 50.1 Å². The summed E-state index contributed by atoms with van der Waals surface area (Å²) in [5, 5.41) is 9.14. The van der Waals surface area contributed by atoms with Crippen LogP contribution < -0.4 is 10.6 Å². The van der Waals surface area contributed by atoms with E-state index in [-0.39, 0.29) is 24.0 Å². The topological polar surface area (TPSA) is 52.1 Å². The van der Waals surface area contributed by atoms with Crippen molar-refractivity contribution in [3.63, 3.8) is 0 Å². The van der Waals surface area contributed by atoms with Crippen molar-refractivity contribution in [2.24, 2.45) is 4.99 Å². The predicted octanol–water partition coefficient (Wildman–Crippen LogP) is 3.95. The first kappa shape index (κ1) is 26.8. The number of piperidine rings is 1. The van der Waals surface area contributed by atoms with Crippen LogP contribution in [0.25, 0.3) is 0 Å². The molecule has 2 N–H and O–H groups in total. The zero-order valence-corrected chi connectivity index (χ0v) is 22.5. The van der Waals surface area contributed by atoms with E-state index in [9.17, 15) is 0 Å². The first-order chi connectivity index (χ1) is 14.8. The van der Waals surface area contributed by atoms with Crippen molar-refractivity contribution >= 4 is 41.3 Å². The summed E-state index contributed by atoms with van der Waals surface area (Å²) in [6.45, 7) is 13.3. The van der Waals surface area contributed by atoms with E-state index in [1.54, 1.807) is 0 Å². The molecule has 31 heavy (non-hydrogen) atoms. The number of rotatable bonds is 10. The third kappa shape index (κ3) is 9.15. The van der Waals surface area contributed by atoms with E-state index in [4.69, 9.17) is 9.73 Å². The lowest BCUT2D eigenvalue weighted by Gasteiger charge is -2.33. The molecule has 8 heteroatoms. The second-order valence-electron chi connectivity index (χ2n) is 8.41. The zero-order valence-electron chi connectivity index (χ0n) is 19.4. The monoisotopic (exact) mass is 563 g/mol. The molecule has 2 aliphatic rings. The fourth-order valence-corrected chi connectivity index (χ4v) is 5.26. The second kappa shape index (κ2) is 15.4. The van der Waals surface area contributed by atoms with Crippen molar-refractivity contribution < 1.29 is 4.74 Å². The molecule has 3 rings (SSSR count). The van der Waals surface area contributed by atoms with Crippen molar-refractivity contribution in [3.05, 3.63) is 22.4 Å². The van der Waals surface area contributed by atoms with Crippen LogP contribution in [0.3, 0.4) is 0 Å². The van der Waals surface area contributed by atoms with Crippen LogP contribution in [0.15, 0.2) is 22.5 Å². The first-order valence-corrected chi connectivity index (χ1v) is 12.8. The highest BCUT2D eigenvalue weighted by atomic mass is 127. The molecule has 3 heterocycles. The lowest BCUT2D eigenvalue weighted by molar-refractivity contribution is 0.0186. The van der Waals surface area contributed by atoms with Crippen molar-refractivity contribution in [1.29, 1.82) is 0 Å². The van der Waals surface area contributed by atoms with Crippen LogP contribution in [0.4, 0.5) is 0 Å². The van der Waals surface area contributed by atoms with E-state index < -0.39 is 0 Å². The minimum atomic E-state index is 0. The molecule has 0 aromatic carbocycles. The fourth-order valence-electron chi connectivity index (χ4n) is 4.41. The third-order valence-electron chi connectivity index (χ3n) is 6.23. The van der Waals surface area contributed by atoms with Gasteiger partial charge in [-0.05, 0) is 64.1 Å². The van der Waals surface area contributed by atoms with Gasteiger partial charge in [-0.2, -0.15) is 0 Å². The van der Waals surface area contributed by atoms with Gasteiger partial charge >= 0.3 is 0 Å². The van der Waals surface area contributed by atoms with Crippen LogP contribution in [0.1, 0.15) is 56.9 Å². The molecule has 1 aromatic heterocycles. The molecule has 0 saturated carbocycles. The molecule has 0 bridgehead atoms. The molecule has 2 atom stereocenters. The van der Waals surface area contributed by atoms with Crippen LogP contribution in [-0.2, 0) is 4.74 Å². The van der Waals surface area contributed by atoms with Gasteiger partial charge in [0.05, 0.1) is 25.8 Å². The molecule has 2 aliphatic heterocycles. The summed E-state index contributed by atoms with van der Waals surface area (Å²) in [6.07, 6.45) is 6.57. The van der Waals surface area contributed by atoms with Crippen LogP contribution in [0, 0.1) is 0 Å². The highest BCUT2D eigenvalue weighted by Crippen LogP contribution is 2.26. The number of nitrogens with one attached hydrogen (secondary N) is 2. The van der Waals surface area contributed by atoms with Crippen molar-refractivity contribution in [1.82, 2.24) is 20.4 Å². The minimum Gasteiger partial charge on any atom is -0.379 e. The van der Waals surface area contributed by atoms with E-state index in [0.29, 0.717) is 6.04 Å². The van der Waals surface area contributed by atoms with Gasteiger partial charge < -0.3 is 20.3 Å². The van der Waals surface area contributed by atoms with Gasteiger partial charge in [0.2, 0.25) is 0 Å². The molecular formula is C23H42IN5OS. The number of ether oxygens (including phenoxy) is 1. The van der Waals surface area contributed by atoms with Crippen LogP contribution in [0.5, 0.6) is 0 Å². The molecule has 1 aromatic rings. The number of hydrogen-bond acceptors (Lipinski definition) is 5. The zero-order chi connectivity index (χ0) is 21.0. The summed E-state index contributed by atoms with van der Waals surface area (Å²) in [4.78, 5) is 11.5. The lowest BCUT2D eigenvalue weighted by atomic mass is 10.0. The van der Waals surface area contributed by atoms with Gasteiger partial charge in [-0.25, -0.2) is 0 Å². The molecule has 2 unspecified atom stereocenters. The number of unbranched alkanes of at least 4 members (excludes halogenated alkanes) is 1. The van der Waals surface area contributed by atoms with Gasteiger partial charge in [0, 0.05) is 37.1 Å². The van der Waals surface area contributed by atoms with Crippen LogP contribution in [-0.4, -0.2) is 80.8 Å². The summed E-state index contributed by atoms with van der Waals surface area (Å²) < 4.78 is 5.56. The largest absolute Gasteiger partial charge is 0.379 e. The van der Waals surface area contributed by atoms with Crippen molar-refractivity contribution in [3.8, 4) is 0 Å². The Morgan fingerprint density at radius 3 is 2.77 bits per heavy atom. The maximum atomic E-state index is 5.56. The average Bonchev–Trinajstić information content (AvgIpc) is 3.30. The standard InChI is InChI=1S/C23H41N5OS.HI/c1-3-24-23(25-11-5-7-13-27-12-6-4-9-20(27)2)26-19-21(22-10-8-18-30-22)28-14-16-29-17-15-28;/h8,10,18,20-21H,3-7,9,11-17,19H2,1-2H3,(H2,24,25,26);1H. The number of guanidine groups is 1. The number of thiophene rings is 1. The highest BCUT2D eigenvalue weighted by Gasteiger charge is 2.23. The maximum Gasteiger partial charge on any atom is 0.191 e. The molecule has 0 spiro atoms. The number of halogens is 1. The molecule has 178 valence electrons. The Labute approximate surface area is 210 Å². The average molecular weight is 564 g/mol. The molecule has 2 fully saturated rings. The van der Waals surface area contributed by atoms with Crippen LogP contribution in [0.2, 0.25) is 0 Å². The number of nitrogens with zero attached hydrogens (tertiary/aromatic N) is 3. The number of likely N-dealkylation sites (tertiary alicyclic amines) is 1. The molecule has 2 saturated heterocycles. The van der Waals surface area contributed by atoms with Gasteiger partial charge in [0.25, 0.3) is 0 Å². The molecule has 0 aliphatic carbocycles. The number of hydrogen-bond donors (Lipinski definition) is 2. The normalized spacial score (nSPS) is 22.0. The van der Waals surface area contributed by atoms with E-state index in [1.807, 2.05) is 11.3 Å². The Bertz CT molecular complexity index is 609. The van der Waals surface area contributed by atoms with Gasteiger partial charge in [0.1, 0.15) is 0 Å². The Morgan fingerprint density at radius 2 is 2.06 bits per heavy atom. The number of aliphatic imine (C=N–C) groups is 1. The molecule has 0 radical (unpaired) electrons. The first-order valence-electron chi connectivity index (χ1n) is 11.9. The Morgan fingerprint density at radius 1 is 1.23 bits per heavy atom. The fraction of sp³-hybridized carbons (Fsp3) is 0.783. The molecule has 0 amide bonds. The Balaban J connectivity index is 0.00000341. The summed E-state index contributed by atoms with van der Waals surface area (Å²) in [5.41, 5.74) is 0. The predicted molar refractivity (Wildman–Crippen MR) is 143 cm³/mol. The quantitative estimate of drug-likeness (QED) is 0.196. The summed E-state index contributed by atoms with van der Waals surface area (Å²) >= 11 is 1.83. The SMILES string of the molecule is CCNC(=NCC(c1cccs1)N1CCOCC1)NCCCCN1CCCCC1C.I. The molecule has 6 nitrogen and oxygen atoms in total. The van der Waals surface area contributed by atoms with Gasteiger partial charge in [-0.1, -0.05) is 12.5 Å². The summed E-state index contributed by atoms with van der Waals surface area (Å²) in [5.74, 6) is 0.943. The third-order valence-corrected chi connectivity index (χ3v) is 7.20. The maximum absolute atomic E-state index is 5.56. The summed E-state index contributed by atoms with van der Waals surface area (Å²) in [7, 11) is 0. The summed E-state index contributed by atoms with van der Waals surface area (Å²) in [6, 6.07) is 5.48. The van der Waals surface area contributed by atoms with Crippen molar-refractivity contribution in [2.45, 2.75) is 58.0 Å². The smallest absolute Gasteiger partial charge is 0.191 e. The van der Waals surface area contributed by atoms with E-state index >= 15 is 0 Å². The van der Waals surface area contributed by atoms with E-state index in [2.05, 4.69) is 51.8 Å². The minimum absolute atomic E-state index is 0. The Hall–Kier alpha value is -0.420.